The first-order chi connectivity index (χ1) is 7.61. The molecule has 0 atom stereocenters. The van der Waals surface area contributed by atoms with E-state index in [2.05, 4.69) is 5.32 Å². The third-order valence-corrected chi connectivity index (χ3v) is 4.04. The highest BCUT2D eigenvalue weighted by Crippen LogP contribution is 2.21. The van der Waals surface area contributed by atoms with Crippen molar-refractivity contribution in [1.82, 2.24) is 0 Å². The standard InChI is InChI=1S/C11H17NO3S/c1-2-16(14,15)11-7-4-3-6-10(11)12-8-5-9-13/h3-4,6-7,12-13H,2,5,8-9H2,1H3. The molecular formula is C11H17NO3S. The van der Waals surface area contributed by atoms with Crippen LogP contribution in [0, 0.1) is 0 Å². The van der Waals surface area contributed by atoms with Crippen LogP contribution in [0.15, 0.2) is 29.2 Å². The molecule has 0 saturated heterocycles. The lowest BCUT2D eigenvalue weighted by molar-refractivity contribution is 0.292. The molecule has 5 heteroatoms. The number of anilines is 1. The number of rotatable bonds is 6. The topological polar surface area (TPSA) is 66.4 Å². The van der Waals surface area contributed by atoms with Crippen molar-refractivity contribution in [3.05, 3.63) is 24.3 Å². The van der Waals surface area contributed by atoms with Gasteiger partial charge in [-0.2, -0.15) is 0 Å². The van der Waals surface area contributed by atoms with Crippen molar-refractivity contribution in [2.24, 2.45) is 0 Å². The van der Waals surface area contributed by atoms with Crippen LogP contribution in [0.2, 0.25) is 0 Å². The van der Waals surface area contributed by atoms with Crippen LogP contribution in [-0.4, -0.2) is 32.4 Å². The fraction of sp³-hybridized carbons (Fsp3) is 0.455. The quantitative estimate of drug-likeness (QED) is 0.739. The largest absolute Gasteiger partial charge is 0.396 e. The van der Waals surface area contributed by atoms with Gasteiger partial charge in [-0.3, -0.25) is 0 Å². The summed E-state index contributed by atoms with van der Waals surface area (Å²) >= 11 is 0. The average molecular weight is 243 g/mol. The van der Waals surface area contributed by atoms with Crippen LogP contribution in [0.1, 0.15) is 13.3 Å². The lowest BCUT2D eigenvalue weighted by Gasteiger charge is -2.10. The summed E-state index contributed by atoms with van der Waals surface area (Å²) in [6.45, 7) is 2.28. The van der Waals surface area contributed by atoms with Gasteiger partial charge in [0.15, 0.2) is 9.84 Å². The van der Waals surface area contributed by atoms with Crippen LogP contribution in [0.4, 0.5) is 5.69 Å². The predicted octanol–water partition coefficient (Wildman–Crippen LogP) is 1.27. The molecule has 0 aromatic heterocycles. The molecule has 1 aromatic rings. The zero-order valence-corrected chi connectivity index (χ0v) is 10.1. The van der Waals surface area contributed by atoms with E-state index in [0.717, 1.165) is 0 Å². The molecule has 16 heavy (non-hydrogen) atoms. The van der Waals surface area contributed by atoms with Crippen LogP contribution < -0.4 is 5.32 Å². The van der Waals surface area contributed by atoms with Gasteiger partial charge in [0.25, 0.3) is 0 Å². The number of nitrogens with one attached hydrogen (secondary N) is 1. The van der Waals surface area contributed by atoms with Crippen LogP contribution in [0.3, 0.4) is 0 Å². The first-order valence-electron chi connectivity index (χ1n) is 5.28. The monoisotopic (exact) mass is 243 g/mol. The number of hydrogen-bond donors (Lipinski definition) is 2. The van der Waals surface area contributed by atoms with Crippen molar-refractivity contribution in [1.29, 1.82) is 0 Å². The summed E-state index contributed by atoms with van der Waals surface area (Å²) in [4.78, 5) is 0.329. The van der Waals surface area contributed by atoms with Gasteiger partial charge in [0, 0.05) is 13.2 Å². The Kier molecular flexibility index (Phi) is 4.76. The molecule has 0 fully saturated rings. The molecule has 0 amide bonds. The first-order valence-corrected chi connectivity index (χ1v) is 6.93. The second kappa shape index (κ2) is 5.86. The summed E-state index contributed by atoms with van der Waals surface area (Å²) in [6, 6.07) is 6.83. The van der Waals surface area contributed by atoms with E-state index in [1.54, 1.807) is 31.2 Å². The summed E-state index contributed by atoms with van der Waals surface area (Å²) < 4.78 is 23.5. The molecule has 0 aliphatic carbocycles. The Morgan fingerprint density at radius 2 is 2.00 bits per heavy atom. The van der Waals surface area contributed by atoms with Gasteiger partial charge in [0.1, 0.15) is 0 Å². The zero-order chi connectivity index (χ0) is 12.0. The highest BCUT2D eigenvalue weighted by Gasteiger charge is 2.15. The normalized spacial score (nSPS) is 11.4. The molecular weight excluding hydrogens is 226 g/mol. The number of aliphatic hydroxyl groups excluding tert-OH is 1. The Morgan fingerprint density at radius 1 is 1.31 bits per heavy atom. The first kappa shape index (κ1) is 13.0. The highest BCUT2D eigenvalue weighted by atomic mass is 32.2. The summed E-state index contributed by atoms with van der Waals surface area (Å²) in [6.07, 6.45) is 0.598. The van der Waals surface area contributed by atoms with Crippen molar-refractivity contribution in [3.63, 3.8) is 0 Å². The third kappa shape index (κ3) is 3.21. The molecule has 0 heterocycles. The van der Waals surface area contributed by atoms with Crippen molar-refractivity contribution in [3.8, 4) is 0 Å². The van der Waals surface area contributed by atoms with E-state index in [0.29, 0.717) is 23.5 Å². The molecule has 4 nitrogen and oxygen atoms in total. The van der Waals surface area contributed by atoms with Gasteiger partial charge in [0.2, 0.25) is 0 Å². The molecule has 2 N–H and O–H groups in total. The van der Waals surface area contributed by atoms with E-state index < -0.39 is 9.84 Å². The molecule has 0 aliphatic heterocycles. The van der Waals surface area contributed by atoms with Gasteiger partial charge in [-0.05, 0) is 18.6 Å². The third-order valence-electron chi connectivity index (χ3n) is 2.25. The Morgan fingerprint density at radius 3 is 2.62 bits per heavy atom. The molecule has 1 rings (SSSR count). The maximum Gasteiger partial charge on any atom is 0.180 e. The second-order valence-corrected chi connectivity index (χ2v) is 5.65. The fourth-order valence-electron chi connectivity index (χ4n) is 1.34. The molecule has 0 unspecified atom stereocenters. The number of hydrogen-bond acceptors (Lipinski definition) is 4. The van der Waals surface area contributed by atoms with Crippen LogP contribution in [-0.2, 0) is 9.84 Å². The van der Waals surface area contributed by atoms with Gasteiger partial charge in [-0.15, -0.1) is 0 Å². The summed E-state index contributed by atoms with van der Waals surface area (Å²) in [5, 5.41) is 11.7. The molecule has 0 saturated carbocycles. The Hall–Kier alpha value is -1.07. The van der Waals surface area contributed by atoms with E-state index >= 15 is 0 Å². The lowest BCUT2D eigenvalue weighted by Crippen LogP contribution is -2.10. The van der Waals surface area contributed by atoms with Crippen LogP contribution in [0.25, 0.3) is 0 Å². The smallest absolute Gasteiger partial charge is 0.180 e. The van der Waals surface area contributed by atoms with Gasteiger partial charge in [0.05, 0.1) is 16.3 Å². The van der Waals surface area contributed by atoms with E-state index in [-0.39, 0.29) is 12.4 Å². The average Bonchev–Trinajstić information content (AvgIpc) is 2.30. The number of benzene rings is 1. The maximum absolute atomic E-state index is 11.8. The zero-order valence-electron chi connectivity index (χ0n) is 9.31. The van der Waals surface area contributed by atoms with E-state index in [1.807, 2.05) is 0 Å². The molecule has 0 radical (unpaired) electrons. The van der Waals surface area contributed by atoms with E-state index in [4.69, 9.17) is 5.11 Å². The maximum atomic E-state index is 11.8. The lowest BCUT2D eigenvalue weighted by atomic mass is 10.3. The molecule has 0 bridgehead atoms. The summed E-state index contributed by atoms with van der Waals surface area (Å²) in [5.41, 5.74) is 0.609. The number of para-hydroxylation sites is 1. The second-order valence-electron chi connectivity index (χ2n) is 3.40. The van der Waals surface area contributed by atoms with Crippen molar-refractivity contribution in [2.75, 3.05) is 24.2 Å². The minimum Gasteiger partial charge on any atom is -0.396 e. The van der Waals surface area contributed by atoms with Gasteiger partial charge >= 0.3 is 0 Å². The van der Waals surface area contributed by atoms with Gasteiger partial charge in [-0.1, -0.05) is 19.1 Å². The molecule has 0 aliphatic rings. The fourth-order valence-corrected chi connectivity index (χ4v) is 2.41. The van der Waals surface area contributed by atoms with E-state index in [1.165, 1.54) is 0 Å². The minimum atomic E-state index is -3.19. The van der Waals surface area contributed by atoms with E-state index in [9.17, 15) is 8.42 Å². The van der Waals surface area contributed by atoms with Crippen molar-refractivity contribution < 1.29 is 13.5 Å². The summed E-state index contributed by atoms with van der Waals surface area (Å²) in [7, 11) is -3.19. The number of sulfone groups is 1. The van der Waals surface area contributed by atoms with Crippen molar-refractivity contribution in [2.45, 2.75) is 18.2 Å². The SMILES string of the molecule is CCS(=O)(=O)c1ccccc1NCCCO. The van der Waals surface area contributed by atoms with Gasteiger partial charge in [-0.25, -0.2) is 8.42 Å². The summed E-state index contributed by atoms with van der Waals surface area (Å²) in [5.74, 6) is 0.0890. The Balaban J connectivity index is 2.92. The predicted molar refractivity (Wildman–Crippen MR) is 64.4 cm³/mol. The molecule has 0 spiro atoms. The van der Waals surface area contributed by atoms with Crippen molar-refractivity contribution >= 4 is 15.5 Å². The minimum absolute atomic E-state index is 0.0890. The number of aliphatic hydroxyl groups is 1. The van der Waals surface area contributed by atoms with Gasteiger partial charge < -0.3 is 10.4 Å². The Labute approximate surface area is 96.2 Å². The van der Waals surface area contributed by atoms with Crippen LogP contribution in [0.5, 0.6) is 0 Å². The highest BCUT2D eigenvalue weighted by molar-refractivity contribution is 7.91. The molecule has 1 aromatic carbocycles. The molecule has 90 valence electrons. The van der Waals surface area contributed by atoms with Crippen LogP contribution >= 0.6 is 0 Å². The Bertz CT molecular complexity index is 429.